The van der Waals surface area contributed by atoms with Gasteiger partial charge >= 0.3 is 6.03 Å². The van der Waals surface area contributed by atoms with Gasteiger partial charge in [-0.2, -0.15) is 0 Å². The first-order valence-corrected chi connectivity index (χ1v) is 4.42. The largest absolute Gasteiger partial charge is 0.338 e. The van der Waals surface area contributed by atoms with E-state index < -0.39 is 0 Å². The molecule has 4 heteroatoms. The van der Waals surface area contributed by atoms with E-state index in [1.807, 2.05) is 0 Å². The van der Waals surface area contributed by atoms with Crippen molar-refractivity contribution in [2.24, 2.45) is 11.8 Å². The van der Waals surface area contributed by atoms with Crippen LogP contribution >= 0.6 is 0 Å². The SMILES string of the molecule is CONC(=O)NC1[C@H]2CCC[C@@H]12. The number of fused-ring (bicyclic) bond motifs is 1. The van der Waals surface area contributed by atoms with Gasteiger partial charge in [0.05, 0.1) is 7.11 Å². The molecular formula is C8H14N2O2. The number of amides is 2. The Balaban J connectivity index is 1.72. The van der Waals surface area contributed by atoms with Crippen molar-refractivity contribution in [1.82, 2.24) is 10.8 Å². The number of hydrogen-bond donors (Lipinski definition) is 2. The highest BCUT2D eigenvalue weighted by Gasteiger charge is 2.53. The maximum Gasteiger partial charge on any atom is 0.338 e. The van der Waals surface area contributed by atoms with Gasteiger partial charge in [0.25, 0.3) is 0 Å². The minimum absolute atomic E-state index is 0.211. The van der Waals surface area contributed by atoms with Crippen molar-refractivity contribution in [1.29, 1.82) is 0 Å². The maximum absolute atomic E-state index is 11.0. The Morgan fingerprint density at radius 2 is 2.08 bits per heavy atom. The fourth-order valence-electron chi connectivity index (χ4n) is 2.31. The predicted octanol–water partition coefficient (Wildman–Crippen LogP) is 0.645. The standard InChI is InChI=1S/C8H14N2O2/c1-12-10-8(11)9-7-5-3-2-4-6(5)7/h5-7H,2-4H2,1H3,(H2,9,10,11)/t5-,6+,7?. The fraction of sp³-hybridized carbons (Fsp3) is 0.875. The molecule has 0 aromatic carbocycles. The molecule has 68 valence electrons. The first-order valence-electron chi connectivity index (χ1n) is 4.42. The summed E-state index contributed by atoms with van der Waals surface area (Å²) in [5.74, 6) is 1.51. The molecular weight excluding hydrogens is 156 g/mol. The van der Waals surface area contributed by atoms with E-state index in [0.717, 1.165) is 11.8 Å². The molecule has 0 saturated heterocycles. The lowest BCUT2D eigenvalue weighted by Gasteiger charge is -2.06. The lowest BCUT2D eigenvalue weighted by molar-refractivity contribution is 0.107. The second-order valence-electron chi connectivity index (χ2n) is 3.56. The van der Waals surface area contributed by atoms with Crippen molar-refractivity contribution in [2.45, 2.75) is 25.3 Å². The second kappa shape index (κ2) is 2.94. The van der Waals surface area contributed by atoms with Crippen molar-refractivity contribution >= 4 is 6.03 Å². The van der Waals surface area contributed by atoms with Crippen LogP contribution in [0.2, 0.25) is 0 Å². The first kappa shape index (κ1) is 7.86. The van der Waals surface area contributed by atoms with Gasteiger partial charge in [0, 0.05) is 6.04 Å². The van der Waals surface area contributed by atoms with Gasteiger partial charge in [-0.1, -0.05) is 6.42 Å². The van der Waals surface area contributed by atoms with E-state index >= 15 is 0 Å². The van der Waals surface area contributed by atoms with E-state index in [0.29, 0.717) is 6.04 Å². The number of hydroxylamine groups is 1. The third kappa shape index (κ3) is 1.27. The highest BCUT2D eigenvalue weighted by molar-refractivity contribution is 5.73. The Hall–Kier alpha value is -0.770. The van der Waals surface area contributed by atoms with Gasteiger partial charge in [0.1, 0.15) is 0 Å². The lowest BCUT2D eigenvalue weighted by Crippen LogP contribution is -2.37. The summed E-state index contributed by atoms with van der Waals surface area (Å²) in [6.45, 7) is 0. The van der Waals surface area contributed by atoms with E-state index in [2.05, 4.69) is 15.6 Å². The molecule has 2 aliphatic rings. The molecule has 2 aliphatic carbocycles. The number of hydrogen-bond acceptors (Lipinski definition) is 2. The van der Waals surface area contributed by atoms with E-state index in [-0.39, 0.29) is 6.03 Å². The normalized spacial score (nSPS) is 37.2. The molecule has 0 aliphatic heterocycles. The van der Waals surface area contributed by atoms with E-state index in [4.69, 9.17) is 0 Å². The quantitative estimate of drug-likeness (QED) is 0.598. The number of carbonyl (C=O) groups is 1. The van der Waals surface area contributed by atoms with E-state index in [1.165, 1.54) is 26.4 Å². The minimum Gasteiger partial charge on any atom is -0.333 e. The minimum atomic E-state index is -0.211. The smallest absolute Gasteiger partial charge is 0.333 e. The molecule has 1 unspecified atom stereocenters. The van der Waals surface area contributed by atoms with E-state index in [9.17, 15) is 4.79 Å². The Labute approximate surface area is 71.6 Å². The summed E-state index contributed by atoms with van der Waals surface area (Å²) in [5.41, 5.74) is 2.26. The summed E-state index contributed by atoms with van der Waals surface area (Å²) >= 11 is 0. The fourth-order valence-corrected chi connectivity index (χ4v) is 2.31. The van der Waals surface area contributed by atoms with E-state index in [1.54, 1.807) is 0 Å². The Bertz CT molecular complexity index is 185. The predicted molar refractivity (Wildman–Crippen MR) is 43.3 cm³/mol. The van der Waals surface area contributed by atoms with Gasteiger partial charge in [0.2, 0.25) is 0 Å². The maximum atomic E-state index is 11.0. The summed E-state index contributed by atoms with van der Waals surface area (Å²) in [4.78, 5) is 15.5. The van der Waals surface area contributed by atoms with Crippen LogP contribution in [-0.2, 0) is 4.84 Å². The van der Waals surface area contributed by atoms with Crippen LogP contribution in [0.1, 0.15) is 19.3 Å². The molecule has 12 heavy (non-hydrogen) atoms. The van der Waals surface area contributed by atoms with Gasteiger partial charge in [0.15, 0.2) is 0 Å². The average molecular weight is 170 g/mol. The van der Waals surface area contributed by atoms with Gasteiger partial charge in [-0.15, -0.1) is 0 Å². The number of urea groups is 1. The van der Waals surface area contributed by atoms with Crippen LogP contribution in [0.25, 0.3) is 0 Å². The zero-order valence-electron chi connectivity index (χ0n) is 7.17. The van der Waals surface area contributed by atoms with Crippen LogP contribution in [0.3, 0.4) is 0 Å². The lowest BCUT2D eigenvalue weighted by atomic mass is 10.2. The van der Waals surface area contributed by atoms with Gasteiger partial charge in [-0.3, -0.25) is 4.84 Å². The van der Waals surface area contributed by atoms with Gasteiger partial charge < -0.3 is 5.32 Å². The highest BCUT2D eigenvalue weighted by Crippen LogP contribution is 2.51. The molecule has 0 aromatic rings. The summed E-state index contributed by atoms with van der Waals surface area (Å²) < 4.78 is 0. The monoisotopic (exact) mass is 170 g/mol. The number of carbonyl (C=O) groups excluding carboxylic acids is 1. The topological polar surface area (TPSA) is 50.4 Å². The third-order valence-corrected chi connectivity index (χ3v) is 2.90. The van der Waals surface area contributed by atoms with Gasteiger partial charge in [-0.25, -0.2) is 10.3 Å². The molecule has 3 atom stereocenters. The van der Waals surface area contributed by atoms with Crippen molar-refractivity contribution in [2.75, 3.05) is 7.11 Å². The van der Waals surface area contributed by atoms with Crippen molar-refractivity contribution in [3.8, 4) is 0 Å². The van der Waals surface area contributed by atoms with Crippen LogP contribution in [0, 0.1) is 11.8 Å². The molecule has 2 N–H and O–H groups in total. The summed E-state index contributed by atoms with van der Waals surface area (Å²) in [6.07, 6.45) is 3.89. The Morgan fingerprint density at radius 1 is 1.42 bits per heavy atom. The van der Waals surface area contributed by atoms with Crippen LogP contribution < -0.4 is 10.8 Å². The molecule has 2 saturated carbocycles. The summed E-state index contributed by atoms with van der Waals surface area (Å²) in [7, 11) is 1.44. The second-order valence-corrected chi connectivity index (χ2v) is 3.56. The number of nitrogens with one attached hydrogen (secondary N) is 2. The Morgan fingerprint density at radius 3 is 2.67 bits per heavy atom. The summed E-state index contributed by atoms with van der Waals surface area (Å²) in [6, 6.07) is 0.214. The summed E-state index contributed by atoms with van der Waals surface area (Å²) in [5, 5.41) is 2.88. The van der Waals surface area contributed by atoms with Crippen LogP contribution in [-0.4, -0.2) is 19.2 Å². The van der Waals surface area contributed by atoms with Crippen molar-refractivity contribution in [3.05, 3.63) is 0 Å². The van der Waals surface area contributed by atoms with Crippen molar-refractivity contribution < 1.29 is 9.63 Å². The molecule has 0 heterocycles. The van der Waals surface area contributed by atoms with Crippen LogP contribution in [0.15, 0.2) is 0 Å². The van der Waals surface area contributed by atoms with Gasteiger partial charge in [-0.05, 0) is 24.7 Å². The molecule has 0 bridgehead atoms. The zero-order valence-corrected chi connectivity index (χ0v) is 7.17. The Kier molecular flexibility index (Phi) is 1.92. The average Bonchev–Trinajstić information content (AvgIpc) is 2.51. The highest BCUT2D eigenvalue weighted by atomic mass is 16.6. The van der Waals surface area contributed by atoms with Crippen LogP contribution in [0.4, 0.5) is 4.79 Å². The first-order chi connectivity index (χ1) is 5.83. The molecule has 4 nitrogen and oxygen atoms in total. The molecule has 0 aromatic heterocycles. The molecule has 0 radical (unpaired) electrons. The molecule has 0 spiro atoms. The third-order valence-electron chi connectivity index (χ3n) is 2.90. The number of rotatable bonds is 2. The molecule has 2 rings (SSSR count). The van der Waals surface area contributed by atoms with Crippen molar-refractivity contribution in [3.63, 3.8) is 0 Å². The zero-order chi connectivity index (χ0) is 8.55. The molecule has 2 fully saturated rings. The molecule has 2 amide bonds. The van der Waals surface area contributed by atoms with Crippen LogP contribution in [0.5, 0.6) is 0 Å².